The zero-order chi connectivity index (χ0) is 12.3. The van der Waals surface area contributed by atoms with Crippen molar-refractivity contribution in [1.82, 2.24) is 0 Å². The van der Waals surface area contributed by atoms with Gasteiger partial charge in [-0.2, -0.15) is 0 Å². The third-order valence-electron chi connectivity index (χ3n) is 3.66. The molecule has 2 aliphatic rings. The third kappa shape index (κ3) is 3.78. The van der Waals surface area contributed by atoms with Crippen LogP contribution in [0.3, 0.4) is 0 Å². The molecule has 0 saturated carbocycles. The number of hydrogen-bond donors (Lipinski definition) is 0. The summed E-state index contributed by atoms with van der Waals surface area (Å²) in [7, 11) is -2.93. The number of rotatable bonds is 5. The van der Waals surface area contributed by atoms with E-state index < -0.39 is 9.84 Å². The highest BCUT2D eigenvalue weighted by Crippen LogP contribution is 2.23. The molecule has 5 heteroatoms. The van der Waals surface area contributed by atoms with Gasteiger partial charge in [0.15, 0.2) is 9.84 Å². The largest absolute Gasteiger partial charge is 0.378 e. The first-order chi connectivity index (χ1) is 8.07. The fourth-order valence-corrected chi connectivity index (χ4v) is 4.40. The van der Waals surface area contributed by atoms with Gasteiger partial charge in [0.2, 0.25) is 0 Å². The summed E-state index contributed by atoms with van der Waals surface area (Å²) in [4.78, 5) is 11.8. The van der Waals surface area contributed by atoms with Crippen molar-refractivity contribution in [3.05, 3.63) is 0 Å². The van der Waals surface area contributed by atoms with E-state index in [9.17, 15) is 13.2 Å². The molecule has 0 aromatic heterocycles. The summed E-state index contributed by atoms with van der Waals surface area (Å²) in [5.74, 6) is 0.162. The summed E-state index contributed by atoms with van der Waals surface area (Å²) >= 11 is 0. The van der Waals surface area contributed by atoms with Crippen molar-refractivity contribution in [2.45, 2.75) is 44.6 Å². The molecule has 0 bridgehead atoms. The van der Waals surface area contributed by atoms with Crippen LogP contribution in [0.15, 0.2) is 0 Å². The Labute approximate surface area is 103 Å². The van der Waals surface area contributed by atoms with E-state index in [1.54, 1.807) is 0 Å². The lowest BCUT2D eigenvalue weighted by atomic mass is 9.98. The average Bonchev–Trinajstić information content (AvgIpc) is 2.87. The molecule has 0 aromatic rings. The van der Waals surface area contributed by atoms with Crippen LogP contribution in [0, 0.1) is 5.92 Å². The maximum atomic E-state index is 11.8. The van der Waals surface area contributed by atoms with E-state index in [0.717, 1.165) is 32.3 Å². The zero-order valence-electron chi connectivity index (χ0n) is 10.1. The van der Waals surface area contributed by atoms with E-state index in [1.807, 2.05) is 0 Å². The molecule has 2 saturated heterocycles. The molecule has 98 valence electrons. The van der Waals surface area contributed by atoms with E-state index >= 15 is 0 Å². The summed E-state index contributed by atoms with van der Waals surface area (Å²) in [5.41, 5.74) is 0. The van der Waals surface area contributed by atoms with Gasteiger partial charge in [0.1, 0.15) is 5.78 Å². The highest BCUT2D eigenvalue weighted by atomic mass is 32.2. The quantitative estimate of drug-likeness (QED) is 0.748. The lowest BCUT2D eigenvalue weighted by molar-refractivity contribution is -0.122. The summed E-state index contributed by atoms with van der Waals surface area (Å²) in [6.07, 6.45) is 5.37. The summed E-state index contributed by atoms with van der Waals surface area (Å²) in [6.45, 7) is 0.847. The minimum Gasteiger partial charge on any atom is -0.378 e. The number of ketones is 1. The molecule has 2 fully saturated rings. The second kappa shape index (κ2) is 5.48. The van der Waals surface area contributed by atoms with Crippen LogP contribution < -0.4 is 0 Å². The van der Waals surface area contributed by atoms with Crippen molar-refractivity contribution >= 4 is 15.6 Å². The van der Waals surface area contributed by atoms with Gasteiger partial charge in [0.25, 0.3) is 0 Å². The third-order valence-corrected chi connectivity index (χ3v) is 5.43. The molecule has 2 atom stereocenters. The van der Waals surface area contributed by atoms with Crippen molar-refractivity contribution in [3.63, 3.8) is 0 Å². The Morgan fingerprint density at radius 3 is 2.71 bits per heavy atom. The number of ether oxygens (including phenoxy) is 1. The van der Waals surface area contributed by atoms with Crippen molar-refractivity contribution in [1.29, 1.82) is 0 Å². The number of Topliss-reactive ketones (excluding diaryl/α,β-unsaturated/α-hetero) is 1. The number of carbonyl (C=O) groups excluding carboxylic acids is 1. The minimum absolute atomic E-state index is 0.0752. The zero-order valence-corrected chi connectivity index (χ0v) is 10.9. The summed E-state index contributed by atoms with van der Waals surface area (Å²) in [5, 5.41) is 0. The van der Waals surface area contributed by atoms with Crippen LogP contribution in [0.25, 0.3) is 0 Å². The molecule has 0 spiro atoms. The fourth-order valence-electron chi connectivity index (χ4n) is 2.63. The van der Waals surface area contributed by atoms with Gasteiger partial charge >= 0.3 is 0 Å². The molecular weight excluding hydrogens is 240 g/mol. The van der Waals surface area contributed by atoms with Crippen molar-refractivity contribution < 1.29 is 17.9 Å². The van der Waals surface area contributed by atoms with Gasteiger partial charge in [-0.3, -0.25) is 4.79 Å². The van der Waals surface area contributed by atoms with Crippen molar-refractivity contribution in [2.75, 3.05) is 18.1 Å². The van der Waals surface area contributed by atoms with Gasteiger partial charge in [-0.25, -0.2) is 8.42 Å². The van der Waals surface area contributed by atoms with E-state index in [2.05, 4.69) is 0 Å². The molecule has 4 nitrogen and oxygen atoms in total. The maximum Gasteiger partial charge on any atom is 0.151 e. The normalized spacial score (nSPS) is 31.8. The monoisotopic (exact) mass is 260 g/mol. The second-order valence-electron chi connectivity index (χ2n) is 5.09. The Kier molecular flexibility index (Phi) is 4.20. The Balaban J connectivity index is 1.67. The number of carbonyl (C=O) groups is 1. The molecular formula is C12H20O4S. The average molecular weight is 260 g/mol. The molecule has 0 aliphatic carbocycles. The Morgan fingerprint density at radius 1 is 1.29 bits per heavy atom. The summed E-state index contributed by atoms with van der Waals surface area (Å²) < 4.78 is 28.0. The topological polar surface area (TPSA) is 60.4 Å². The van der Waals surface area contributed by atoms with Crippen LogP contribution in [0.4, 0.5) is 0 Å². The first-order valence-corrected chi connectivity index (χ1v) is 8.24. The van der Waals surface area contributed by atoms with Gasteiger partial charge < -0.3 is 4.74 Å². The highest BCUT2D eigenvalue weighted by Gasteiger charge is 2.32. The standard InChI is InChI=1S/C12H20O4S/c13-12(10-6-8-17(14,15)9-10)5-1-3-11-4-2-7-16-11/h10-11H,1-9H2. The first kappa shape index (κ1) is 13.0. The molecule has 17 heavy (non-hydrogen) atoms. The molecule has 0 radical (unpaired) electrons. The Hall–Kier alpha value is -0.420. The van der Waals surface area contributed by atoms with Gasteiger partial charge in [-0.05, 0) is 32.1 Å². The van der Waals surface area contributed by atoms with E-state index in [-0.39, 0.29) is 23.2 Å². The van der Waals surface area contributed by atoms with Gasteiger partial charge in [0.05, 0.1) is 17.6 Å². The van der Waals surface area contributed by atoms with Crippen LogP contribution in [0.2, 0.25) is 0 Å². The van der Waals surface area contributed by atoms with Gasteiger partial charge in [-0.1, -0.05) is 0 Å². The predicted octanol–water partition coefficient (Wildman–Crippen LogP) is 1.34. The lowest BCUT2D eigenvalue weighted by Gasteiger charge is -2.10. The second-order valence-corrected chi connectivity index (χ2v) is 7.32. The van der Waals surface area contributed by atoms with E-state index in [4.69, 9.17) is 4.74 Å². The van der Waals surface area contributed by atoms with E-state index in [0.29, 0.717) is 18.9 Å². The summed E-state index contributed by atoms with van der Waals surface area (Å²) in [6, 6.07) is 0. The fraction of sp³-hybridized carbons (Fsp3) is 0.917. The molecule has 0 aromatic carbocycles. The highest BCUT2D eigenvalue weighted by molar-refractivity contribution is 7.91. The van der Waals surface area contributed by atoms with Crippen molar-refractivity contribution in [2.24, 2.45) is 5.92 Å². The molecule has 0 amide bonds. The Bertz CT molecular complexity index is 368. The molecule has 2 rings (SSSR count). The number of hydrogen-bond acceptors (Lipinski definition) is 4. The smallest absolute Gasteiger partial charge is 0.151 e. The SMILES string of the molecule is O=C(CCCC1CCCO1)C1CCS(=O)(=O)C1. The van der Waals surface area contributed by atoms with Crippen LogP contribution in [0.1, 0.15) is 38.5 Å². The van der Waals surface area contributed by atoms with Crippen LogP contribution in [-0.4, -0.2) is 38.4 Å². The Morgan fingerprint density at radius 2 is 2.12 bits per heavy atom. The van der Waals surface area contributed by atoms with Crippen LogP contribution in [-0.2, 0) is 19.4 Å². The molecule has 2 unspecified atom stereocenters. The van der Waals surface area contributed by atoms with Crippen LogP contribution >= 0.6 is 0 Å². The lowest BCUT2D eigenvalue weighted by Crippen LogP contribution is -2.16. The van der Waals surface area contributed by atoms with Crippen LogP contribution in [0.5, 0.6) is 0 Å². The maximum absolute atomic E-state index is 11.8. The molecule has 2 heterocycles. The predicted molar refractivity (Wildman–Crippen MR) is 64.6 cm³/mol. The molecule has 0 N–H and O–H groups in total. The van der Waals surface area contributed by atoms with Crippen molar-refractivity contribution in [3.8, 4) is 0 Å². The minimum atomic E-state index is -2.93. The molecule has 2 aliphatic heterocycles. The number of sulfone groups is 1. The first-order valence-electron chi connectivity index (χ1n) is 6.41. The van der Waals surface area contributed by atoms with Gasteiger partial charge in [0, 0.05) is 18.9 Å². The van der Waals surface area contributed by atoms with E-state index in [1.165, 1.54) is 0 Å². The van der Waals surface area contributed by atoms with Gasteiger partial charge in [-0.15, -0.1) is 0 Å².